The summed E-state index contributed by atoms with van der Waals surface area (Å²) in [6, 6.07) is 0. The number of hydrogen-bond acceptors (Lipinski definition) is 2. The number of nitrogens with zero attached hydrogens (tertiary/aromatic N) is 1. The highest BCUT2D eigenvalue weighted by atomic mass is 16.2. The summed E-state index contributed by atoms with van der Waals surface area (Å²) in [4.78, 5) is 25.2. The summed E-state index contributed by atoms with van der Waals surface area (Å²) in [6.07, 6.45) is 6.23. The topological polar surface area (TPSA) is 54.9 Å². The lowest BCUT2D eigenvalue weighted by molar-refractivity contribution is 0.381. The lowest BCUT2D eigenvalue weighted by Gasteiger charge is -2.15. The first kappa shape index (κ1) is 13.7. The first-order valence-corrected chi connectivity index (χ1v) is 6.38. The molecule has 0 radical (unpaired) electrons. The molecule has 0 spiro atoms. The van der Waals surface area contributed by atoms with Crippen molar-refractivity contribution in [2.75, 3.05) is 0 Å². The Hall–Kier alpha value is -1.32. The Morgan fingerprint density at radius 1 is 1.35 bits per heavy atom. The van der Waals surface area contributed by atoms with Crippen LogP contribution in [0.3, 0.4) is 0 Å². The number of rotatable bonds is 6. The summed E-state index contributed by atoms with van der Waals surface area (Å²) in [5, 5.41) is 0. The van der Waals surface area contributed by atoms with Gasteiger partial charge >= 0.3 is 5.69 Å². The standard InChI is InChI=1S/C13H22N2O2/c1-4-6-7-11(5-2)9-15-8-10(3)12(16)14-13(15)17/h8,11H,4-7,9H2,1-3H3,(H,14,16,17). The second-order valence-electron chi connectivity index (χ2n) is 4.64. The van der Waals surface area contributed by atoms with Gasteiger partial charge in [0, 0.05) is 18.3 Å². The maximum Gasteiger partial charge on any atom is 0.328 e. The smallest absolute Gasteiger partial charge is 0.300 e. The minimum Gasteiger partial charge on any atom is -0.300 e. The van der Waals surface area contributed by atoms with Crippen molar-refractivity contribution in [1.29, 1.82) is 0 Å². The van der Waals surface area contributed by atoms with E-state index in [4.69, 9.17) is 0 Å². The molecule has 1 unspecified atom stereocenters. The zero-order chi connectivity index (χ0) is 12.8. The van der Waals surface area contributed by atoms with Crippen LogP contribution in [0.5, 0.6) is 0 Å². The SMILES string of the molecule is CCCCC(CC)Cn1cc(C)c(=O)[nH]c1=O. The van der Waals surface area contributed by atoms with Gasteiger partial charge in [-0.05, 0) is 19.3 Å². The van der Waals surface area contributed by atoms with E-state index in [2.05, 4.69) is 18.8 Å². The summed E-state index contributed by atoms with van der Waals surface area (Å²) in [6.45, 7) is 6.74. The molecule has 0 aliphatic heterocycles. The molecule has 1 heterocycles. The molecular weight excluding hydrogens is 216 g/mol. The Kier molecular flexibility index (Phi) is 5.19. The summed E-state index contributed by atoms with van der Waals surface area (Å²) in [7, 11) is 0. The monoisotopic (exact) mass is 238 g/mol. The third-order valence-corrected chi connectivity index (χ3v) is 3.19. The second kappa shape index (κ2) is 6.42. The number of aryl methyl sites for hydroxylation is 1. The highest BCUT2D eigenvalue weighted by Crippen LogP contribution is 2.13. The molecule has 1 aromatic rings. The molecule has 0 amide bonds. The molecule has 1 N–H and O–H groups in total. The Bertz CT molecular complexity index is 459. The van der Waals surface area contributed by atoms with Crippen LogP contribution in [0.4, 0.5) is 0 Å². The van der Waals surface area contributed by atoms with E-state index in [-0.39, 0.29) is 11.2 Å². The van der Waals surface area contributed by atoms with Gasteiger partial charge in [0.25, 0.3) is 5.56 Å². The van der Waals surface area contributed by atoms with Crippen LogP contribution in [0.2, 0.25) is 0 Å². The number of hydrogen-bond donors (Lipinski definition) is 1. The molecule has 1 rings (SSSR count). The van der Waals surface area contributed by atoms with Crippen molar-refractivity contribution in [3.05, 3.63) is 32.6 Å². The normalized spacial score (nSPS) is 12.6. The van der Waals surface area contributed by atoms with Crippen molar-refractivity contribution in [2.24, 2.45) is 5.92 Å². The molecule has 0 aliphatic rings. The number of H-pyrrole nitrogens is 1. The molecule has 1 atom stereocenters. The molecule has 1 aromatic heterocycles. The Labute approximate surface area is 102 Å². The Balaban J connectivity index is 2.82. The Morgan fingerprint density at radius 3 is 2.65 bits per heavy atom. The van der Waals surface area contributed by atoms with Crippen LogP contribution < -0.4 is 11.2 Å². The summed E-state index contributed by atoms with van der Waals surface area (Å²) in [5.74, 6) is 0.512. The van der Waals surface area contributed by atoms with Crippen LogP contribution in [0, 0.1) is 12.8 Å². The number of aromatic nitrogens is 2. The van der Waals surface area contributed by atoms with Gasteiger partial charge in [-0.25, -0.2) is 4.79 Å². The van der Waals surface area contributed by atoms with Crippen molar-refractivity contribution in [3.63, 3.8) is 0 Å². The van der Waals surface area contributed by atoms with Crippen LogP contribution >= 0.6 is 0 Å². The van der Waals surface area contributed by atoms with E-state index >= 15 is 0 Å². The summed E-state index contributed by atoms with van der Waals surface area (Å²) >= 11 is 0. The van der Waals surface area contributed by atoms with Crippen molar-refractivity contribution < 1.29 is 0 Å². The fourth-order valence-electron chi connectivity index (χ4n) is 1.95. The van der Waals surface area contributed by atoms with Gasteiger partial charge < -0.3 is 4.57 Å². The zero-order valence-corrected chi connectivity index (χ0v) is 11.0. The third kappa shape index (κ3) is 3.88. The van der Waals surface area contributed by atoms with E-state index in [1.54, 1.807) is 17.7 Å². The zero-order valence-electron chi connectivity index (χ0n) is 11.0. The van der Waals surface area contributed by atoms with Gasteiger partial charge in [-0.1, -0.05) is 33.1 Å². The number of unbranched alkanes of at least 4 members (excludes halogenated alkanes) is 1. The predicted octanol–water partition coefficient (Wildman–Crippen LogP) is 2.06. The first-order chi connectivity index (χ1) is 8.08. The van der Waals surface area contributed by atoms with Crippen LogP contribution in [0.1, 0.15) is 45.1 Å². The fraction of sp³-hybridized carbons (Fsp3) is 0.692. The highest BCUT2D eigenvalue weighted by molar-refractivity contribution is 5.00. The van der Waals surface area contributed by atoms with Crippen molar-refractivity contribution in [1.82, 2.24) is 9.55 Å². The van der Waals surface area contributed by atoms with Gasteiger partial charge in [-0.2, -0.15) is 0 Å². The van der Waals surface area contributed by atoms with E-state index in [0.29, 0.717) is 18.0 Å². The molecule has 17 heavy (non-hydrogen) atoms. The quantitative estimate of drug-likeness (QED) is 0.824. The molecule has 0 fully saturated rings. The molecule has 0 aliphatic carbocycles. The molecule has 0 saturated carbocycles. The largest absolute Gasteiger partial charge is 0.328 e. The van der Waals surface area contributed by atoms with Crippen LogP contribution in [-0.2, 0) is 6.54 Å². The van der Waals surface area contributed by atoms with E-state index in [0.717, 1.165) is 12.8 Å². The van der Waals surface area contributed by atoms with Crippen molar-refractivity contribution in [2.45, 2.75) is 53.0 Å². The lowest BCUT2D eigenvalue weighted by atomic mass is 9.99. The first-order valence-electron chi connectivity index (χ1n) is 6.38. The van der Waals surface area contributed by atoms with Crippen LogP contribution in [0.25, 0.3) is 0 Å². The van der Waals surface area contributed by atoms with E-state index in [1.807, 2.05) is 0 Å². The average molecular weight is 238 g/mol. The molecule has 0 aromatic carbocycles. The van der Waals surface area contributed by atoms with E-state index in [9.17, 15) is 9.59 Å². The van der Waals surface area contributed by atoms with E-state index < -0.39 is 0 Å². The van der Waals surface area contributed by atoms with Gasteiger partial charge in [0.2, 0.25) is 0 Å². The van der Waals surface area contributed by atoms with Crippen molar-refractivity contribution in [3.8, 4) is 0 Å². The molecule has 4 nitrogen and oxygen atoms in total. The molecule has 0 bridgehead atoms. The highest BCUT2D eigenvalue weighted by Gasteiger charge is 2.09. The predicted molar refractivity (Wildman–Crippen MR) is 69.4 cm³/mol. The molecule has 4 heteroatoms. The van der Waals surface area contributed by atoms with Crippen molar-refractivity contribution >= 4 is 0 Å². The maximum absolute atomic E-state index is 11.6. The second-order valence-corrected chi connectivity index (χ2v) is 4.64. The maximum atomic E-state index is 11.6. The lowest BCUT2D eigenvalue weighted by Crippen LogP contribution is -2.32. The van der Waals surface area contributed by atoms with Gasteiger partial charge in [-0.3, -0.25) is 9.78 Å². The molecule has 96 valence electrons. The average Bonchev–Trinajstić information content (AvgIpc) is 2.30. The minimum atomic E-state index is -0.296. The summed E-state index contributed by atoms with van der Waals surface area (Å²) in [5.41, 5.74) is 0.0124. The Morgan fingerprint density at radius 2 is 2.06 bits per heavy atom. The van der Waals surface area contributed by atoms with Gasteiger partial charge in [-0.15, -0.1) is 0 Å². The molecule has 0 saturated heterocycles. The van der Waals surface area contributed by atoms with Crippen LogP contribution in [0.15, 0.2) is 15.8 Å². The third-order valence-electron chi connectivity index (χ3n) is 3.19. The number of nitrogens with one attached hydrogen (secondary N) is 1. The molecular formula is C13H22N2O2. The van der Waals surface area contributed by atoms with E-state index in [1.165, 1.54) is 12.8 Å². The summed E-state index contributed by atoms with van der Waals surface area (Å²) < 4.78 is 1.63. The fourth-order valence-corrected chi connectivity index (χ4v) is 1.95. The van der Waals surface area contributed by atoms with Gasteiger partial charge in [0.05, 0.1) is 0 Å². The minimum absolute atomic E-state index is 0.284. The van der Waals surface area contributed by atoms with Gasteiger partial charge in [0.15, 0.2) is 0 Å². The van der Waals surface area contributed by atoms with Gasteiger partial charge in [0.1, 0.15) is 0 Å². The number of aromatic amines is 1. The van der Waals surface area contributed by atoms with Crippen LogP contribution in [-0.4, -0.2) is 9.55 Å².